The number of hydrogen-bond donors (Lipinski definition) is 1. The molecule has 0 amide bonds. The first kappa shape index (κ1) is 26.2. The van der Waals surface area contributed by atoms with Gasteiger partial charge in [-0.1, -0.05) is 66.2 Å². The molecule has 4 nitrogen and oxygen atoms in total. The molecule has 0 radical (unpaired) electrons. The van der Waals surface area contributed by atoms with Gasteiger partial charge >= 0.3 is 5.97 Å². The molecule has 0 fully saturated rings. The SMILES string of the molecule is Cc1ccc([S@](=O)N[C@@H](c2ccccc2)[C@@H](CSc2ccccc2C)C(=O)OC(C)(C)C)cc1. The fraction of sp³-hybridized carbons (Fsp3) is 0.321. The maximum absolute atomic E-state index is 13.5. The van der Waals surface area contributed by atoms with Crippen LogP contribution in [0.15, 0.2) is 88.7 Å². The number of nitrogens with one attached hydrogen (secondary N) is 1. The van der Waals surface area contributed by atoms with Crippen molar-refractivity contribution in [2.45, 2.75) is 56.1 Å². The molecule has 6 heteroatoms. The highest BCUT2D eigenvalue weighted by Crippen LogP contribution is 2.33. The predicted octanol–water partition coefficient (Wildman–Crippen LogP) is 6.41. The van der Waals surface area contributed by atoms with E-state index in [-0.39, 0.29) is 5.97 Å². The van der Waals surface area contributed by atoms with Crippen LogP contribution in [-0.4, -0.2) is 21.5 Å². The topological polar surface area (TPSA) is 55.4 Å². The first-order valence-corrected chi connectivity index (χ1v) is 13.5. The maximum Gasteiger partial charge on any atom is 0.312 e. The lowest BCUT2D eigenvalue weighted by molar-refractivity contribution is -0.160. The summed E-state index contributed by atoms with van der Waals surface area (Å²) in [6.45, 7) is 9.65. The Morgan fingerprint density at radius 1 is 0.941 bits per heavy atom. The van der Waals surface area contributed by atoms with Crippen molar-refractivity contribution >= 4 is 28.7 Å². The zero-order chi connectivity index (χ0) is 24.7. The number of benzene rings is 3. The summed E-state index contributed by atoms with van der Waals surface area (Å²) < 4.78 is 22.4. The van der Waals surface area contributed by atoms with Crippen molar-refractivity contribution in [1.29, 1.82) is 0 Å². The van der Waals surface area contributed by atoms with Crippen LogP contribution in [0.4, 0.5) is 0 Å². The van der Waals surface area contributed by atoms with Crippen LogP contribution in [0.2, 0.25) is 0 Å². The molecular weight excluding hydrogens is 462 g/mol. The first-order chi connectivity index (χ1) is 16.1. The number of thioether (sulfide) groups is 1. The summed E-state index contributed by atoms with van der Waals surface area (Å²) in [4.78, 5) is 15.2. The van der Waals surface area contributed by atoms with Gasteiger partial charge in [0.05, 0.1) is 16.9 Å². The molecule has 0 aliphatic heterocycles. The highest BCUT2D eigenvalue weighted by atomic mass is 32.2. The number of rotatable bonds is 9. The van der Waals surface area contributed by atoms with Crippen LogP contribution in [0.25, 0.3) is 0 Å². The first-order valence-electron chi connectivity index (χ1n) is 11.3. The molecule has 1 N–H and O–H groups in total. The second-order valence-electron chi connectivity index (χ2n) is 9.30. The molecule has 180 valence electrons. The predicted molar refractivity (Wildman–Crippen MR) is 141 cm³/mol. The van der Waals surface area contributed by atoms with Gasteiger partial charge in [0.1, 0.15) is 16.6 Å². The van der Waals surface area contributed by atoms with Gasteiger partial charge in [0.15, 0.2) is 0 Å². The Hall–Kier alpha value is -2.41. The van der Waals surface area contributed by atoms with Crippen LogP contribution >= 0.6 is 11.8 Å². The molecule has 3 aromatic rings. The van der Waals surface area contributed by atoms with Crippen LogP contribution in [0, 0.1) is 19.8 Å². The molecule has 0 bridgehead atoms. The molecule has 3 aromatic carbocycles. The van der Waals surface area contributed by atoms with Gasteiger partial charge in [-0.05, 0) is 63.9 Å². The van der Waals surface area contributed by atoms with E-state index in [0.717, 1.165) is 21.6 Å². The highest BCUT2D eigenvalue weighted by molar-refractivity contribution is 7.99. The van der Waals surface area contributed by atoms with Crippen LogP contribution in [-0.2, 0) is 20.5 Å². The normalized spacial score (nSPS) is 14.3. The monoisotopic (exact) mass is 495 g/mol. The van der Waals surface area contributed by atoms with Crippen molar-refractivity contribution in [1.82, 2.24) is 4.72 Å². The summed E-state index contributed by atoms with van der Waals surface area (Å²) in [5.74, 6) is -0.381. The summed E-state index contributed by atoms with van der Waals surface area (Å²) >= 11 is 1.62. The molecule has 0 heterocycles. The Balaban J connectivity index is 1.95. The van der Waals surface area contributed by atoms with Crippen LogP contribution < -0.4 is 4.72 Å². The Labute approximate surface area is 210 Å². The number of hydrogen-bond acceptors (Lipinski definition) is 4. The minimum Gasteiger partial charge on any atom is -0.460 e. The van der Waals surface area contributed by atoms with Crippen molar-refractivity contribution in [2.75, 3.05) is 5.75 Å². The summed E-state index contributed by atoms with van der Waals surface area (Å²) in [5, 5.41) is 0. The van der Waals surface area contributed by atoms with Crippen molar-refractivity contribution in [2.24, 2.45) is 5.92 Å². The second-order valence-corrected chi connectivity index (χ2v) is 11.6. The van der Waals surface area contributed by atoms with Crippen molar-refractivity contribution in [3.63, 3.8) is 0 Å². The average molecular weight is 496 g/mol. The number of esters is 1. The lowest BCUT2D eigenvalue weighted by Crippen LogP contribution is -2.39. The molecule has 0 aliphatic rings. The van der Waals surface area contributed by atoms with Gasteiger partial charge < -0.3 is 4.74 Å². The van der Waals surface area contributed by atoms with E-state index in [9.17, 15) is 9.00 Å². The molecule has 0 aromatic heterocycles. The van der Waals surface area contributed by atoms with Crippen LogP contribution in [0.1, 0.15) is 43.5 Å². The molecule has 0 aliphatic carbocycles. The van der Waals surface area contributed by atoms with E-state index in [1.54, 1.807) is 11.8 Å². The Bertz CT molecular complexity index is 1110. The maximum atomic E-state index is 13.5. The highest BCUT2D eigenvalue weighted by Gasteiger charge is 2.34. The number of ether oxygens (including phenoxy) is 1. The summed E-state index contributed by atoms with van der Waals surface area (Å²) in [5.41, 5.74) is 2.52. The zero-order valence-corrected chi connectivity index (χ0v) is 22.0. The van der Waals surface area contributed by atoms with Gasteiger partial charge in [0.2, 0.25) is 0 Å². The van der Waals surface area contributed by atoms with Gasteiger partial charge in [0, 0.05) is 10.6 Å². The fourth-order valence-corrected chi connectivity index (χ4v) is 5.67. The lowest BCUT2D eigenvalue weighted by atomic mass is 9.95. The van der Waals surface area contributed by atoms with Crippen molar-refractivity contribution in [3.05, 3.63) is 95.6 Å². The third kappa shape index (κ3) is 7.55. The molecule has 3 atom stereocenters. The van der Waals surface area contributed by atoms with E-state index in [2.05, 4.69) is 23.8 Å². The van der Waals surface area contributed by atoms with Gasteiger partial charge in [-0.15, -0.1) is 11.8 Å². The molecule has 0 spiro atoms. The Morgan fingerprint density at radius 3 is 2.18 bits per heavy atom. The Morgan fingerprint density at radius 2 is 1.56 bits per heavy atom. The lowest BCUT2D eigenvalue weighted by Gasteiger charge is -2.30. The van der Waals surface area contributed by atoms with E-state index in [1.807, 2.05) is 94.4 Å². The second kappa shape index (κ2) is 11.8. The van der Waals surface area contributed by atoms with E-state index in [1.165, 1.54) is 0 Å². The van der Waals surface area contributed by atoms with Gasteiger partial charge in [-0.25, -0.2) is 8.93 Å². The van der Waals surface area contributed by atoms with E-state index >= 15 is 0 Å². The smallest absolute Gasteiger partial charge is 0.312 e. The zero-order valence-electron chi connectivity index (χ0n) is 20.4. The molecule has 0 saturated heterocycles. The minimum atomic E-state index is -1.50. The van der Waals surface area contributed by atoms with Crippen LogP contribution in [0.5, 0.6) is 0 Å². The quantitative estimate of drug-likeness (QED) is 0.275. The molecule has 0 saturated carbocycles. The average Bonchev–Trinajstić information content (AvgIpc) is 2.79. The summed E-state index contributed by atoms with van der Waals surface area (Å²) in [6.07, 6.45) is 0. The van der Waals surface area contributed by atoms with Gasteiger partial charge in [-0.2, -0.15) is 0 Å². The standard InChI is InChI=1S/C28H33NO3S2/c1-20-15-17-23(18-16-20)34(31)29-26(22-12-7-6-8-13-22)24(27(30)32-28(3,4)5)19-33-25-14-10-9-11-21(25)2/h6-18,24,26,29H,19H2,1-5H3/t24-,26+,34+/m1/s1. The molecule has 34 heavy (non-hydrogen) atoms. The summed E-state index contributed by atoms with van der Waals surface area (Å²) in [7, 11) is -1.50. The van der Waals surface area contributed by atoms with E-state index < -0.39 is 28.5 Å². The Kier molecular flexibility index (Phi) is 9.11. The number of carbonyl (C=O) groups is 1. The minimum absolute atomic E-state index is 0.309. The van der Waals surface area contributed by atoms with Gasteiger partial charge in [0.25, 0.3) is 0 Å². The van der Waals surface area contributed by atoms with E-state index in [0.29, 0.717) is 10.6 Å². The summed E-state index contributed by atoms with van der Waals surface area (Å²) in [6, 6.07) is 24.9. The third-order valence-corrected chi connectivity index (χ3v) is 7.71. The molecule has 0 unspecified atom stereocenters. The van der Waals surface area contributed by atoms with Crippen LogP contribution in [0.3, 0.4) is 0 Å². The fourth-order valence-electron chi connectivity index (χ4n) is 3.46. The largest absolute Gasteiger partial charge is 0.460 e. The van der Waals surface area contributed by atoms with Crippen molar-refractivity contribution < 1.29 is 13.7 Å². The molecular formula is C28H33NO3S2. The third-order valence-electron chi connectivity index (χ3n) is 5.25. The number of aryl methyl sites for hydroxylation is 2. The van der Waals surface area contributed by atoms with E-state index in [4.69, 9.17) is 4.74 Å². The molecule has 3 rings (SSSR count). The van der Waals surface area contributed by atoms with Gasteiger partial charge in [-0.3, -0.25) is 4.79 Å². The number of carbonyl (C=O) groups excluding carboxylic acids is 1. The van der Waals surface area contributed by atoms with Crippen molar-refractivity contribution in [3.8, 4) is 0 Å².